The standard InChI is InChI=1S/C26H49N2O7.Ac/c1-12-26(13-2,31-11)21(27)20-18(16-33-17(4)32-14-3)15-19(22(29)34-24(5,6)7)28(20)23(30)35-25(8,9)10;/h17-21,27H,12-16H2,1-11H3;/q-1;/t17?,18-,19+,20+,21+;/m0./s1. The van der Waals surface area contributed by atoms with Crippen LogP contribution >= 0.6 is 0 Å². The molecule has 0 bridgehead atoms. The summed E-state index contributed by atoms with van der Waals surface area (Å²) in [6, 6.07) is -2.43. The zero-order chi connectivity index (χ0) is 27.2. The van der Waals surface area contributed by atoms with Crippen LogP contribution in [0, 0.1) is 50.0 Å². The minimum atomic E-state index is -0.902. The summed E-state index contributed by atoms with van der Waals surface area (Å²) in [6.45, 7) is 19.0. The zero-order valence-corrected chi connectivity index (χ0v) is 29.1. The summed E-state index contributed by atoms with van der Waals surface area (Å²) in [6.07, 6.45) is 0.345. The maximum Gasteiger partial charge on any atom is 0.411 e. The minimum absolute atomic E-state index is 0. The maximum atomic E-state index is 13.5. The smallest absolute Gasteiger partial charge is 0.411 e. The number of hydrogen-bond donors (Lipinski definition) is 0. The Kier molecular flexibility index (Phi) is 15.0. The second-order valence-corrected chi connectivity index (χ2v) is 11.2. The number of amides is 1. The third kappa shape index (κ3) is 9.96. The molecule has 1 saturated heterocycles. The normalized spacial score (nSPS) is 22.6. The van der Waals surface area contributed by atoms with Gasteiger partial charge in [0.2, 0.25) is 0 Å². The van der Waals surface area contributed by atoms with E-state index in [0.29, 0.717) is 25.9 Å². The van der Waals surface area contributed by atoms with Crippen LogP contribution in [0.1, 0.15) is 88.5 Å². The number of nitrogens with one attached hydrogen (secondary N) is 1. The summed E-state index contributed by atoms with van der Waals surface area (Å²) < 4.78 is 28.8. The van der Waals surface area contributed by atoms with Gasteiger partial charge in [0.05, 0.1) is 12.2 Å². The molecule has 0 spiro atoms. The van der Waals surface area contributed by atoms with Crippen molar-refractivity contribution in [1.82, 2.24) is 4.90 Å². The molecule has 1 aliphatic heterocycles. The van der Waals surface area contributed by atoms with Gasteiger partial charge in [-0.15, -0.1) is 0 Å². The van der Waals surface area contributed by atoms with E-state index >= 15 is 0 Å². The van der Waals surface area contributed by atoms with Crippen LogP contribution in [0.5, 0.6) is 0 Å². The minimum Gasteiger partial charge on any atom is -0.671 e. The molecule has 9 nitrogen and oxygen atoms in total. The number of likely N-dealkylation sites (tertiary alicyclic amines) is 1. The van der Waals surface area contributed by atoms with Crippen molar-refractivity contribution in [2.24, 2.45) is 5.92 Å². The van der Waals surface area contributed by atoms with E-state index in [0.717, 1.165) is 0 Å². The van der Waals surface area contributed by atoms with E-state index in [2.05, 4.69) is 0 Å². The maximum absolute atomic E-state index is 13.5. The van der Waals surface area contributed by atoms with Gasteiger partial charge in [-0.3, -0.25) is 4.90 Å². The molecule has 1 aliphatic rings. The first-order valence-electron chi connectivity index (χ1n) is 12.8. The molecule has 1 N–H and O–H groups in total. The van der Waals surface area contributed by atoms with Crippen molar-refractivity contribution in [1.29, 1.82) is 0 Å². The van der Waals surface area contributed by atoms with Gasteiger partial charge >= 0.3 is 12.1 Å². The first kappa shape index (κ1) is 36.0. The van der Waals surface area contributed by atoms with Gasteiger partial charge in [0, 0.05) is 69.7 Å². The van der Waals surface area contributed by atoms with Crippen LogP contribution in [0.4, 0.5) is 4.79 Å². The van der Waals surface area contributed by atoms with Gasteiger partial charge in [-0.25, -0.2) is 9.59 Å². The van der Waals surface area contributed by atoms with Crippen molar-refractivity contribution in [3.8, 4) is 0 Å². The monoisotopic (exact) mass is 728 g/mol. The Morgan fingerprint density at radius 1 is 0.972 bits per heavy atom. The van der Waals surface area contributed by atoms with E-state index < -0.39 is 53.3 Å². The van der Waals surface area contributed by atoms with E-state index in [1.165, 1.54) is 4.90 Å². The molecule has 1 radical (unpaired) electrons. The molecule has 1 heterocycles. The predicted octanol–water partition coefficient (Wildman–Crippen LogP) is 5.35. The molecule has 36 heavy (non-hydrogen) atoms. The number of rotatable bonds is 11. The fourth-order valence-corrected chi connectivity index (χ4v) is 4.68. The SMILES string of the molecule is CCOC(C)OC[C@@H]1C[C@H](C(=O)OC(C)(C)C)N(C(=O)OC(C)(C)C)[C@H]1[C@@H]([NH-])C(CC)(CC)OC.[Ac]. The van der Waals surface area contributed by atoms with Gasteiger partial charge in [0.1, 0.15) is 17.2 Å². The Labute approximate surface area is 254 Å². The second-order valence-electron chi connectivity index (χ2n) is 11.2. The van der Waals surface area contributed by atoms with Crippen LogP contribution in [0.15, 0.2) is 0 Å². The largest absolute Gasteiger partial charge is 0.671 e. The summed E-state index contributed by atoms with van der Waals surface area (Å²) >= 11 is 0. The molecular formula is C26H49AcN2O7-. The van der Waals surface area contributed by atoms with Crippen molar-refractivity contribution in [2.75, 3.05) is 20.3 Å². The summed E-state index contributed by atoms with van der Waals surface area (Å²) in [5, 5.41) is 0. The van der Waals surface area contributed by atoms with Crippen molar-refractivity contribution in [3.63, 3.8) is 0 Å². The summed E-state index contributed by atoms with van der Waals surface area (Å²) in [5.74, 6) is -0.838. The van der Waals surface area contributed by atoms with Crippen LogP contribution in [-0.4, -0.2) is 78.5 Å². The Bertz CT molecular complexity index is 680. The number of esters is 1. The summed E-state index contributed by atoms with van der Waals surface area (Å²) in [5.41, 5.74) is 7.01. The van der Waals surface area contributed by atoms with Gasteiger partial charge in [0.25, 0.3) is 0 Å². The molecular weight excluding hydrogens is 679 g/mol. The number of carbonyl (C=O) groups is 2. The molecule has 5 atom stereocenters. The van der Waals surface area contributed by atoms with Crippen molar-refractivity contribution < 1.29 is 77.3 Å². The Morgan fingerprint density at radius 3 is 1.92 bits per heavy atom. The Morgan fingerprint density at radius 2 is 1.50 bits per heavy atom. The average Bonchev–Trinajstić information content (AvgIpc) is 3.11. The van der Waals surface area contributed by atoms with E-state index in [1.807, 2.05) is 20.8 Å². The van der Waals surface area contributed by atoms with Crippen LogP contribution in [-0.2, 0) is 28.5 Å². The third-order valence-electron chi connectivity index (χ3n) is 6.41. The van der Waals surface area contributed by atoms with Gasteiger partial charge < -0.3 is 29.4 Å². The summed E-state index contributed by atoms with van der Waals surface area (Å²) in [7, 11) is 1.59. The molecule has 0 aromatic heterocycles. The number of ether oxygens (including phenoxy) is 5. The summed E-state index contributed by atoms with van der Waals surface area (Å²) in [4.78, 5) is 28.3. The second kappa shape index (κ2) is 15.0. The molecule has 0 aliphatic carbocycles. The number of carbonyl (C=O) groups excluding carboxylic acids is 2. The molecule has 1 amide bonds. The Balaban J connectivity index is 0.0000122. The van der Waals surface area contributed by atoms with Crippen molar-refractivity contribution >= 4 is 12.1 Å². The first-order valence-corrected chi connectivity index (χ1v) is 12.8. The predicted molar refractivity (Wildman–Crippen MR) is 135 cm³/mol. The van der Waals surface area contributed by atoms with Gasteiger partial charge in [-0.05, 0) is 74.7 Å². The number of nitrogens with zero attached hydrogens (tertiary/aromatic N) is 1. The molecule has 0 aromatic carbocycles. The molecule has 1 rings (SSSR count). The molecule has 10 heteroatoms. The molecule has 0 saturated carbocycles. The van der Waals surface area contributed by atoms with Gasteiger partial charge in [0.15, 0.2) is 6.29 Å². The van der Waals surface area contributed by atoms with Gasteiger partial charge in [-0.2, -0.15) is 0 Å². The zero-order valence-electron chi connectivity index (χ0n) is 24.3. The molecule has 0 aromatic rings. The van der Waals surface area contributed by atoms with Crippen LogP contribution < -0.4 is 0 Å². The van der Waals surface area contributed by atoms with E-state index in [-0.39, 0.29) is 56.6 Å². The van der Waals surface area contributed by atoms with Crippen LogP contribution in [0.25, 0.3) is 5.73 Å². The van der Waals surface area contributed by atoms with Crippen molar-refractivity contribution in [3.05, 3.63) is 5.73 Å². The first-order chi connectivity index (χ1) is 16.1. The van der Waals surface area contributed by atoms with Crippen LogP contribution in [0.3, 0.4) is 0 Å². The average molecular weight is 729 g/mol. The number of hydrogen-bond acceptors (Lipinski definition) is 7. The third-order valence-corrected chi connectivity index (χ3v) is 6.41. The van der Waals surface area contributed by atoms with E-state index in [1.54, 1.807) is 55.6 Å². The fraction of sp³-hybridized carbons (Fsp3) is 0.923. The fourth-order valence-electron chi connectivity index (χ4n) is 4.68. The molecule has 209 valence electrons. The topological polar surface area (TPSA) is 107 Å². The Hall–Kier alpha value is 0.0216. The number of methoxy groups -OCH3 is 1. The quantitative estimate of drug-likeness (QED) is 0.209. The molecule has 1 unspecified atom stereocenters. The van der Waals surface area contributed by atoms with E-state index in [4.69, 9.17) is 23.7 Å². The van der Waals surface area contributed by atoms with Gasteiger partial charge in [-0.1, -0.05) is 19.9 Å². The van der Waals surface area contributed by atoms with Crippen LogP contribution in [0.2, 0.25) is 0 Å². The van der Waals surface area contributed by atoms with Crippen molar-refractivity contribution in [2.45, 2.75) is 130 Å². The van der Waals surface area contributed by atoms with E-state index in [9.17, 15) is 15.3 Å². The molecule has 1 fully saturated rings.